The number of nitrogens with one attached hydrogen (secondary N) is 1. The molecular weight excluding hydrogens is 292 g/mol. The zero-order valence-electron chi connectivity index (χ0n) is 11.9. The third kappa shape index (κ3) is 3.49. The predicted molar refractivity (Wildman–Crippen MR) is 78.2 cm³/mol. The van der Waals surface area contributed by atoms with Crippen LogP contribution in [0.25, 0.3) is 10.6 Å². The summed E-state index contributed by atoms with van der Waals surface area (Å²) >= 11 is 1.46. The molecule has 0 spiro atoms. The summed E-state index contributed by atoms with van der Waals surface area (Å²) in [6.07, 6.45) is 0. The number of aliphatic carboxylic acids is 1. The van der Waals surface area contributed by atoms with Crippen molar-refractivity contribution >= 4 is 23.2 Å². The minimum atomic E-state index is -1.09. The minimum absolute atomic E-state index is 0.0638. The lowest BCUT2D eigenvalue weighted by atomic mass is 9.86. The quantitative estimate of drug-likeness (QED) is 0.905. The molecule has 0 aromatic carbocycles. The number of carbonyl (C=O) groups is 2. The molecule has 112 valence electrons. The van der Waals surface area contributed by atoms with Crippen LogP contribution in [-0.2, 0) is 4.79 Å². The Bertz CT molecular complexity index is 640. The molecule has 2 aromatic heterocycles. The molecule has 0 aliphatic heterocycles. The van der Waals surface area contributed by atoms with E-state index in [-0.39, 0.29) is 5.69 Å². The summed E-state index contributed by atoms with van der Waals surface area (Å²) in [5.41, 5.74) is -0.546. The van der Waals surface area contributed by atoms with Gasteiger partial charge in [-0.15, -0.1) is 11.3 Å². The van der Waals surface area contributed by atoms with E-state index in [0.29, 0.717) is 5.76 Å². The average Bonchev–Trinajstić information content (AvgIpc) is 3.03. The van der Waals surface area contributed by atoms with Crippen LogP contribution in [0, 0.1) is 5.41 Å². The van der Waals surface area contributed by atoms with Gasteiger partial charge in [-0.25, -0.2) is 4.79 Å². The van der Waals surface area contributed by atoms with Crippen LogP contribution in [-0.4, -0.2) is 28.2 Å². The van der Waals surface area contributed by atoms with Crippen molar-refractivity contribution in [3.8, 4) is 10.6 Å². The van der Waals surface area contributed by atoms with Gasteiger partial charge in [-0.1, -0.05) is 32.0 Å². The second-order valence-electron chi connectivity index (χ2n) is 5.66. The van der Waals surface area contributed by atoms with Crippen molar-refractivity contribution in [3.63, 3.8) is 0 Å². The van der Waals surface area contributed by atoms with Gasteiger partial charge in [0.1, 0.15) is 6.04 Å². The highest BCUT2D eigenvalue weighted by atomic mass is 32.1. The van der Waals surface area contributed by atoms with Gasteiger partial charge in [-0.05, 0) is 16.9 Å². The Morgan fingerprint density at radius 2 is 2.14 bits per heavy atom. The highest BCUT2D eigenvalue weighted by Crippen LogP contribution is 2.25. The zero-order chi connectivity index (χ0) is 15.6. The van der Waals surface area contributed by atoms with Crippen molar-refractivity contribution in [2.45, 2.75) is 26.8 Å². The molecule has 1 atom stereocenters. The van der Waals surface area contributed by atoms with E-state index in [1.54, 1.807) is 20.8 Å². The third-order valence-corrected chi connectivity index (χ3v) is 3.78. The van der Waals surface area contributed by atoms with Gasteiger partial charge < -0.3 is 14.9 Å². The van der Waals surface area contributed by atoms with E-state index in [0.717, 1.165) is 4.88 Å². The summed E-state index contributed by atoms with van der Waals surface area (Å²) in [7, 11) is 0. The summed E-state index contributed by atoms with van der Waals surface area (Å²) in [4.78, 5) is 24.2. The lowest BCUT2D eigenvalue weighted by Gasteiger charge is -2.27. The number of nitrogens with zero attached hydrogens (tertiary/aromatic N) is 1. The van der Waals surface area contributed by atoms with Gasteiger partial charge >= 0.3 is 5.97 Å². The van der Waals surface area contributed by atoms with Gasteiger partial charge in [-0.2, -0.15) is 0 Å². The van der Waals surface area contributed by atoms with Crippen LogP contribution in [0.15, 0.2) is 28.1 Å². The average molecular weight is 308 g/mol. The number of rotatable bonds is 4. The molecule has 0 aliphatic rings. The number of carboxylic acid groups (broad SMARTS) is 1. The number of amides is 1. The monoisotopic (exact) mass is 308 g/mol. The van der Waals surface area contributed by atoms with Gasteiger partial charge in [-0.3, -0.25) is 4.79 Å². The minimum Gasteiger partial charge on any atom is -0.480 e. The van der Waals surface area contributed by atoms with Gasteiger partial charge in [0.15, 0.2) is 11.5 Å². The lowest BCUT2D eigenvalue weighted by Crippen LogP contribution is -2.49. The summed E-state index contributed by atoms with van der Waals surface area (Å²) in [5.74, 6) is -1.17. The summed E-state index contributed by atoms with van der Waals surface area (Å²) in [6.45, 7) is 5.23. The van der Waals surface area contributed by atoms with E-state index in [9.17, 15) is 14.7 Å². The summed E-state index contributed by atoms with van der Waals surface area (Å²) in [6, 6.07) is 4.21. The molecule has 7 heteroatoms. The van der Waals surface area contributed by atoms with Crippen LogP contribution in [0.3, 0.4) is 0 Å². The van der Waals surface area contributed by atoms with Crippen LogP contribution >= 0.6 is 11.3 Å². The fourth-order valence-corrected chi connectivity index (χ4v) is 2.44. The molecule has 0 saturated heterocycles. The van der Waals surface area contributed by atoms with Crippen LogP contribution in [0.2, 0.25) is 0 Å². The molecule has 0 fully saturated rings. The smallest absolute Gasteiger partial charge is 0.326 e. The fourth-order valence-electron chi connectivity index (χ4n) is 1.77. The Morgan fingerprint density at radius 3 is 2.67 bits per heavy atom. The van der Waals surface area contributed by atoms with Crippen molar-refractivity contribution in [2.75, 3.05) is 0 Å². The molecule has 2 heterocycles. The van der Waals surface area contributed by atoms with Crippen LogP contribution < -0.4 is 5.32 Å². The third-order valence-electron chi connectivity index (χ3n) is 2.90. The summed E-state index contributed by atoms with van der Waals surface area (Å²) in [5, 5.41) is 17.3. The maximum atomic E-state index is 12.1. The Hall–Kier alpha value is -2.15. The Balaban J connectivity index is 2.15. The number of hydrogen-bond donors (Lipinski definition) is 2. The Kier molecular flexibility index (Phi) is 4.13. The number of hydrogen-bond acceptors (Lipinski definition) is 5. The summed E-state index contributed by atoms with van der Waals surface area (Å²) < 4.78 is 5.11. The van der Waals surface area contributed by atoms with Crippen LogP contribution in [0.5, 0.6) is 0 Å². The Labute approximate surface area is 125 Å². The molecule has 0 aliphatic carbocycles. The first-order chi connectivity index (χ1) is 9.79. The second-order valence-corrected chi connectivity index (χ2v) is 6.61. The molecule has 0 radical (unpaired) electrons. The first-order valence-electron chi connectivity index (χ1n) is 6.33. The number of aromatic nitrogens is 1. The number of thiophene rings is 1. The highest BCUT2D eigenvalue weighted by Gasteiger charge is 2.33. The van der Waals surface area contributed by atoms with E-state index >= 15 is 0 Å². The van der Waals surface area contributed by atoms with E-state index < -0.39 is 23.3 Å². The topological polar surface area (TPSA) is 92.4 Å². The van der Waals surface area contributed by atoms with Crippen molar-refractivity contribution in [2.24, 2.45) is 5.41 Å². The van der Waals surface area contributed by atoms with Gasteiger partial charge in [0, 0.05) is 6.07 Å². The van der Waals surface area contributed by atoms with Crippen molar-refractivity contribution in [1.29, 1.82) is 0 Å². The van der Waals surface area contributed by atoms with E-state index in [1.807, 2.05) is 17.5 Å². The molecule has 2 rings (SSSR count). The fraction of sp³-hybridized carbons (Fsp3) is 0.357. The van der Waals surface area contributed by atoms with Gasteiger partial charge in [0.25, 0.3) is 5.91 Å². The van der Waals surface area contributed by atoms with Crippen molar-refractivity contribution in [1.82, 2.24) is 10.5 Å². The molecule has 1 unspecified atom stereocenters. The van der Waals surface area contributed by atoms with Crippen LogP contribution in [0.4, 0.5) is 0 Å². The SMILES string of the molecule is CC(C)(C)C(NC(=O)c1cc(-c2cccs2)on1)C(=O)O. The molecular formula is C14H16N2O4S. The van der Waals surface area contributed by atoms with Crippen molar-refractivity contribution < 1.29 is 19.2 Å². The normalized spacial score (nSPS) is 12.9. The number of carboxylic acids is 1. The molecule has 0 bridgehead atoms. The first-order valence-corrected chi connectivity index (χ1v) is 7.21. The Morgan fingerprint density at radius 1 is 1.43 bits per heavy atom. The predicted octanol–water partition coefficient (Wildman–Crippen LogP) is 2.63. The lowest BCUT2D eigenvalue weighted by molar-refractivity contribution is -0.142. The first kappa shape index (κ1) is 15.2. The van der Waals surface area contributed by atoms with E-state index in [4.69, 9.17) is 4.52 Å². The molecule has 2 aromatic rings. The molecule has 21 heavy (non-hydrogen) atoms. The van der Waals surface area contributed by atoms with E-state index in [2.05, 4.69) is 10.5 Å². The zero-order valence-corrected chi connectivity index (χ0v) is 12.7. The second kappa shape index (κ2) is 5.69. The van der Waals surface area contributed by atoms with Gasteiger partial charge in [0.2, 0.25) is 0 Å². The largest absolute Gasteiger partial charge is 0.480 e. The maximum absolute atomic E-state index is 12.1. The number of carbonyl (C=O) groups excluding carboxylic acids is 1. The maximum Gasteiger partial charge on any atom is 0.326 e. The highest BCUT2D eigenvalue weighted by molar-refractivity contribution is 7.13. The standard InChI is InChI=1S/C14H16N2O4S/c1-14(2,3)11(13(18)19)15-12(17)8-7-9(20-16-8)10-5-4-6-21-10/h4-7,11H,1-3H3,(H,15,17)(H,18,19). The van der Waals surface area contributed by atoms with Gasteiger partial charge in [0.05, 0.1) is 4.88 Å². The molecule has 1 amide bonds. The molecule has 0 saturated carbocycles. The molecule has 6 nitrogen and oxygen atoms in total. The van der Waals surface area contributed by atoms with Crippen LogP contribution in [0.1, 0.15) is 31.3 Å². The van der Waals surface area contributed by atoms with Crippen molar-refractivity contribution in [3.05, 3.63) is 29.3 Å². The molecule has 2 N–H and O–H groups in total. The van der Waals surface area contributed by atoms with E-state index in [1.165, 1.54) is 17.4 Å².